The van der Waals surface area contributed by atoms with E-state index in [4.69, 9.17) is 18.8 Å². The lowest BCUT2D eigenvalue weighted by Gasteiger charge is -2.64. The number of fused-ring (bicyclic) bond motifs is 5. The summed E-state index contributed by atoms with van der Waals surface area (Å²) in [6, 6.07) is 0. The van der Waals surface area contributed by atoms with Gasteiger partial charge in [0.1, 0.15) is 12.2 Å². The van der Waals surface area contributed by atoms with Gasteiger partial charge >= 0.3 is 33.3 Å². The zero-order valence-electron chi connectivity index (χ0n) is 27.8. The van der Waals surface area contributed by atoms with Gasteiger partial charge in [-0.3, -0.25) is 18.9 Å². The highest BCUT2D eigenvalue weighted by Gasteiger charge is 2.67. The van der Waals surface area contributed by atoms with Crippen LogP contribution in [0.3, 0.4) is 0 Å². The monoisotopic (exact) mass is 680 g/mol. The van der Waals surface area contributed by atoms with Gasteiger partial charge in [-0.25, -0.2) is 4.39 Å². The van der Waals surface area contributed by atoms with Gasteiger partial charge in [-0.05, 0) is 85.9 Å². The summed E-state index contributed by atoms with van der Waals surface area (Å²) in [5, 5.41) is -5.00. The van der Waals surface area contributed by atoms with Crippen LogP contribution in [0, 0.1) is 52.3 Å². The Bertz CT molecular complexity index is 1260. The van der Waals surface area contributed by atoms with Crippen LogP contribution in [0.5, 0.6) is 0 Å². The molecule has 0 heterocycles. The Morgan fingerprint density at radius 1 is 0.978 bits per heavy atom. The standard InChI is InChI=1S/C33H51F3O9S/c1-18-11-13-31(5)22(15-18)16-26(44-20(3)37)30-24-9-8-23(32(24,6)28(17-25(30)31)45-21(4)38)19(2)7-10-29(39)43-14-12-27(34)33(35,36)46(40,41)42/h18-19,22-28,30H,7-17H2,1-6H3,(H,40,41,42). The van der Waals surface area contributed by atoms with E-state index in [1.165, 1.54) is 13.8 Å². The summed E-state index contributed by atoms with van der Waals surface area (Å²) in [6.07, 6.45) is 1.94. The molecule has 4 aliphatic carbocycles. The van der Waals surface area contributed by atoms with Crippen LogP contribution in [-0.4, -0.2) is 61.1 Å². The van der Waals surface area contributed by atoms with Crippen LogP contribution in [0.1, 0.15) is 106 Å². The van der Waals surface area contributed by atoms with E-state index in [9.17, 15) is 36.0 Å². The van der Waals surface area contributed by atoms with Crippen molar-refractivity contribution >= 4 is 28.0 Å². The second-order valence-electron chi connectivity index (χ2n) is 15.2. The number of rotatable bonds is 11. The van der Waals surface area contributed by atoms with E-state index in [0.29, 0.717) is 24.7 Å². The van der Waals surface area contributed by atoms with Crippen molar-refractivity contribution in [3.8, 4) is 0 Å². The lowest BCUT2D eigenvalue weighted by molar-refractivity contribution is -0.221. The molecular weight excluding hydrogens is 629 g/mol. The zero-order chi connectivity index (χ0) is 34.4. The van der Waals surface area contributed by atoms with Crippen molar-refractivity contribution in [3.63, 3.8) is 0 Å². The van der Waals surface area contributed by atoms with Crippen molar-refractivity contribution in [3.05, 3.63) is 0 Å². The Balaban J connectivity index is 1.49. The third kappa shape index (κ3) is 6.96. The Labute approximate surface area is 270 Å². The molecule has 0 spiro atoms. The van der Waals surface area contributed by atoms with E-state index in [-0.39, 0.29) is 65.6 Å². The van der Waals surface area contributed by atoms with Gasteiger partial charge in [0.2, 0.25) is 0 Å². The molecule has 0 aromatic rings. The number of esters is 3. The fourth-order valence-electron chi connectivity index (χ4n) is 10.3. The highest BCUT2D eigenvalue weighted by Crippen LogP contribution is 2.69. The first-order valence-corrected chi connectivity index (χ1v) is 18.2. The van der Waals surface area contributed by atoms with Crippen molar-refractivity contribution in [2.45, 2.75) is 129 Å². The minimum Gasteiger partial charge on any atom is -0.466 e. The molecule has 4 fully saturated rings. The fraction of sp³-hybridized carbons (Fsp3) is 0.909. The number of carbonyl (C=O) groups is 3. The molecule has 9 nitrogen and oxygen atoms in total. The molecule has 0 aliphatic heterocycles. The highest BCUT2D eigenvalue weighted by atomic mass is 32.2. The molecule has 13 heteroatoms. The lowest BCUT2D eigenvalue weighted by atomic mass is 9.42. The molecule has 264 valence electrons. The molecule has 12 unspecified atom stereocenters. The maximum Gasteiger partial charge on any atom is 0.400 e. The fourth-order valence-corrected chi connectivity index (χ4v) is 10.7. The van der Waals surface area contributed by atoms with Gasteiger partial charge < -0.3 is 14.2 Å². The third-order valence-electron chi connectivity index (χ3n) is 12.5. The SMILES string of the molecule is CC(=O)OC1CC2CC(C)CCC2(C)C2CC(OC(C)=O)C3(C)C(C(C)CCC(=O)OCCC(F)C(F)(F)S(=O)(=O)O)CCC3C12. The molecule has 12 atom stereocenters. The predicted octanol–water partition coefficient (Wildman–Crippen LogP) is 6.53. The molecule has 0 radical (unpaired) electrons. The van der Waals surface area contributed by atoms with E-state index in [1.807, 2.05) is 6.92 Å². The topological polar surface area (TPSA) is 133 Å². The van der Waals surface area contributed by atoms with E-state index in [1.54, 1.807) is 0 Å². The summed E-state index contributed by atoms with van der Waals surface area (Å²) >= 11 is 0. The molecule has 4 rings (SSSR count). The van der Waals surface area contributed by atoms with Gasteiger partial charge in [0.05, 0.1) is 6.61 Å². The Hall–Kier alpha value is -1.89. The van der Waals surface area contributed by atoms with E-state index < -0.39 is 46.0 Å². The molecule has 4 saturated carbocycles. The average Bonchev–Trinajstić information content (AvgIpc) is 3.30. The van der Waals surface area contributed by atoms with Crippen LogP contribution in [0.2, 0.25) is 0 Å². The van der Waals surface area contributed by atoms with E-state index >= 15 is 0 Å². The lowest BCUT2D eigenvalue weighted by Crippen LogP contribution is -2.63. The molecule has 0 aromatic heterocycles. The number of alkyl halides is 3. The quantitative estimate of drug-likeness (QED) is 0.147. The van der Waals surface area contributed by atoms with Crippen molar-refractivity contribution in [1.82, 2.24) is 0 Å². The minimum absolute atomic E-state index is 0.0235. The molecular formula is C33H51F3O9S. The second kappa shape index (κ2) is 13.6. The predicted molar refractivity (Wildman–Crippen MR) is 162 cm³/mol. The Morgan fingerprint density at radius 2 is 1.63 bits per heavy atom. The number of ether oxygens (including phenoxy) is 3. The average molecular weight is 681 g/mol. The minimum atomic E-state index is -5.94. The first kappa shape index (κ1) is 36.9. The van der Waals surface area contributed by atoms with Gasteiger partial charge in [0.25, 0.3) is 0 Å². The summed E-state index contributed by atoms with van der Waals surface area (Å²) in [6.45, 7) is 11.0. The largest absolute Gasteiger partial charge is 0.466 e. The van der Waals surface area contributed by atoms with Crippen molar-refractivity contribution in [2.24, 2.45) is 52.3 Å². The highest BCUT2D eigenvalue weighted by molar-refractivity contribution is 7.86. The van der Waals surface area contributed by atoms with Crippen LogP contribution in [0.25, 0.3) is 0 Å². The summed E-state index contributed by atoms with van der Waals surface area (Å²) in [5.41, 5.74) is -0.395. The maximum absolute atomic E-state index is 13.8. The van der Waals surface area contributed by atoms with Crippen molar-refractivity contribution in [2.75, 3.05) is 6.61 Å². The van der Waals surface area contributed by atoms with Crippen molar-refractivity contribution in [1.29, 1.82) is 0 Å². The number of halogens is 3. The number of hydrogen-bond acceptors (Lipinski definition) is 8. The van der Waals surface area contributed by atoms with Crippen LogP contribution in [0.4, 0.5) is 13.2 Å². The van der Waals surface area contributed by atoms with Gasteiger partial charge in [0, 0.05) is 38.0 Å². The second-order valence-corrected chi connectivity index (χ2v) is 16.7. The summed E-state index contributed by atoms with van der Waals surface area (Å²) < 4.78 is 87.9. The summed E-state index contributed by atoms with van der Waals surface area (Å²) in [4.78, 5) is 37.3. The normalized spacial score (nSPS) is 38.8. The number of hydrogen-bond donors (Lipinski definition) is 1. The van der Waals surface area contributed by atoms with E-state index in [0.717, 1.165) is 38.5 Å². The van der Waals surface area contributed by atoms with Gasteiger partial charge in [-0.15, -0.1) is 0 Å². The Morgan fingerprint density at radius 3 is 2.24 bits per heavy atom. The first-order valence-electron chi connectivity index (χ1n) is 16.7. The van der Waals surface area contributed by atoms with Crippen LogP contribution < -0.4 is 0 Å². The summed E-state index contributed by atoms with van der Waals surface area (Å²) in [7, 11) is -5.94. The van der Waals surface area contributed by atoms with Crippen LogP contribution in [-0.2, 0) is 38.7 Å². The molecule has 0 amide bonds. The van der Waals surface area contributed by atoms with Crippen LogP contribution in [0.15, 0.2) is 0 Å². The van der Waals surface area contributed by atoms with Gasteiger partial charge in [-0.1, -0.05) is 34.1 Å². The van der Waals surface area contributed by atoms with Gasteiger partial charge in [0.15, 0.2) is 6.17 Å². The molecule has 0 aromatic carbocycles. The van der Waals surface area contributed by atoms with Crippen LogP contribution >= 0.6 is 0 Å². The molecule has 0 bridgehead atoms. The molecule has 46 heavy (non-hydrogen) atoms. The first-order chi connectivity index (χ1) is 21.2. The van der Waals surface area contributed by atoms with Crippen molar-refractivity contribution < 1.29 is 54.7 Å². The maximum atomic E-state index is 13.8. The van der Waals surface area contributed by atoms with E-state index in [2.05, 4.69) is 20.8 Å². The summed E-state index contributed by atoms with van der Waals surface area (Å²) in [5.74, 6) is 0.158. The zero-order valence-corrected chi connectivity index (χ0v) is 28.6. The Kier molecular flexibility index (Phi) is 10.9. The molecule has 1 N–H and O–H groups in total. The van der Waals surface area contributed by atoms with Gasteiger partial charge in [-0.2, -0.15) is 17.2 Å². The molecule has 4 aliphatic rings. The smallest absolute Gasteiger partial charge is 0.400 e. The number of carbonyl (C=O) groups excluding carboxylic acids is 3. The molecule has 0 saturated heterocycles. The third-order valence-corrected chi connectivity index (χ3v) is 13.5.